The Morgan fingerprint density at radius 2 is 2.16 bits per heavy atom. The molecule has 2 N–H and O–H groups in total. The van der Waals surface area contributed by atoms with Gasteiger partial charge in [-0.25, -0.2) is 9.38 Å². The van der Waals surface area contributed by atoms with Gasteiger partial charge in [0.25, 0.3) is 0 Å². The van der Waals surface area contributed by atoms with Gasteiger partial charge in [0.05, 0.1) is 17.6 Å². The third-order valence-electron chi connectivity index (χ3n) is 4.29. The summed E-state index contributed by atoms with van der Waals surface area (Å²) in [5.41, 5.74) is 0.854. The zero-order chi connectivity index (χ0) is 18.1. The van der Waals surface area contributed by atoms with Gasteiger partial charge in [-0.3, -0.25) is 0 Å². The Hall–Kier alpha value is -1.18. The number of nitrogens with one attached hydrogen (secondary N) is 2. The van der Waals surface area contributed by atoms with Crippen molar-refractivity contribution in [3.63, 3.8) is 0 Å². The van der Waals surface area contributed by atoms with Gasteiger partial charge in [-0.15, -0.1) is 0 Å². The minimum atomic E-state index is -0.255. The number of rotatable bonds is 7. The maximum absolute atomic E-state index is 13.6. The lowest BCUT2D eigenvalue weighted by Gasteiger charge is -2.32. The highest BCUT2D eigenvalue weighted by molar-refractivity contribution is 9.10. The first-order valence-corrected chi connectivity index (χ1v) is 9.61. The number of ether oxygens (including phenoxy) is 1. The zero-order valence-corrected chi connectivity index (χ0v) is 16.6. The fraction of sp³-hybridized carbons (Fsp3) is 0.611. The predicted octanol–water partition coefficient (Wildman–Crippen LogP) is 2.75. The maximum atomic E-state index is 13.6. The number of methoxy groups -OCH3 is 1. The zero-order valence-electron chi connectivity index (χ0n) is 15.0. The van der Waals surface area contributed by atoms with E-state index in [9.17, 15) is 4.39 Å². The average Bonchev–Trinajstić information content (AvgIpc) is 2.62. The maximum Gasteiger partial charge on any atom is 0.191 e. The largest absolute Gasteiger partial charge is 0.383 e. The van der Waals surface area contributed by atoms with Gasteiger partial charge < -0.3 is 20.3 Å². The monoisotopic (exact) mass is 414 g/mol. The van der Waals surface area contributed by atoms with Gasteiger partial charge in [0.1, 0.15) is 5.82 Å². The molecule has 0 radical (unpaired) electrons. The van der Waals surface area contributed by atoms with Crippen LogP contribution in [0.25, 0.3) is 0 Å². The summed E-state index contributed by atoms with van der Waals surface area (Å²) in [7, 11) is 1.74. The smallest absolute Gasteiger partial charge is 0.191 e. The van der Waals surface area contributed by atoms with Gasteiger partial charge in [0.15, 0.2) is 5.96 Å². The Morgan fingerprint density at radius 1 is 1.40 bits per heavy atom. The summed E-state index contributed by atoms with van der Waals surface area (Å²) in [5.74, 6) is 0.537. The van der Waals surface area contributed by atoms with Gasteiger partial charge in [-0.1, -0.05) is 6.07 Å². The van der Waals surface area contributed by atoms with Crippen molar-refractivity contribution in [3.05, 3.63) is 34.1 Å². The number of guanidine groups is 1. The van der Waals surface area contributed by atoms with Crippen LogP contribution in [-0.2, 0) is 11.3 Å². The quantitative estimate of drug-likeness (QED) is 0.531. The molecule has 0 aromatic heterocycles. The SMILES string of the molecule is CCNC(=NCc1ccc(Br)c(F)c1)NC1CCN(CCOC)CC1. The van der Waals surface area contributed by atoms with Crippen molar-refractivity contribution in [1.29, 1.82) is 0 Å². The van der Waals surface area contributed by atoms with Crippen LogP contribution in [-0.4, -0.2) is 56.8 Å². The molecule has 1 aromatic carbocycles. The van der Waals surface area contributed by atoms with E-state index >= 15 is 0 Å². The highest BCUT2D eigenvalue weighted by atomic mass is 79.9. The van der Waals surface area contributed by atoms with Crippen LogP contribution < -0.4 is 10.6 Å². The predicted molar refractivity (Wildman–Crippen MR) is 103 cm³/mol. The van der Waals surface area contributed by atoms with Crippen molar-refractivity contribution >= 4 is 21.9 Å². The Labute approximate surface area is 158 Å². The third-order valence-corrected chi connectivity index (χ3v) is 4.93. The summed E-state index contributed by atoms with van der Waals surface area (Å²) < 4.78 is 19.2. The van der Waals surface area contributed by atoms with Crippen molar-refractivity contribution in [3.8, 4) is 0 Å². The normalized spacial score (nSPS) is 16.9. The van der Waals surface area contributed by atoms with Gasteiger partial charge in [0.2, 0.25) is 0 Å². The van der Waals surface area contributed by atoms with E-state index in [1.54, 1.807) is 13.2 Å². The van der Waals surface area contributed by atoms with Crippen LogP contribution >= 0.6 is 15.9 Å². The van der Waals surface area contributed by atoms with Crippen molar-refractivity contribution in [1.82, 2.24) is 15.5 Å². The van der Waals surface area contributed by atoms with Gasteiger partial charge in [-0.05, 0) is 53.4 Å². The third kappa shape index (κ3) is 6.92. The summed E-state index contributed by atoms with van der Waals surface area (Å²) >= 11 is 3.17. The molecule has 1 fully saturated rings. The Balaban J connectivity index is 1.86. The molecule has 25 heavy (non-hydrogen) atoms. The van der Waals surface area contributed by atoms with E-state index in [4.69, 9.17) is 4.74 Å². The minimum Gasteiger partial charge on any atom is -0.383 e. The molecule has 140 valence electrons. The molecule has 2 rings (SSSR count). The summed E-state index contributed by atoms with van der Waals surface area (Å²) in [6.45, 7) is 7.21. The van der Waals surface area contributed by atoms with E-state index in [2.05, 4.69) is 36.5 Å². The van der Waals surface area contributed by atoms with Crippen LogP contribution in [0.5, 0.6) is 0 Å². The van der Waals surface area contributed by atoms with Crippen molar-refractivity contribution < 1.29 is 9.13 Å². The fourth-order valence-corrected chi connectivity index (χ4v) is 3.09. The summed E-state index contributed by atoms with van der Waals surface area (Å²) in [6, 6.07) is 5.54. The molecular formula is C18H28BrFN4O. The Morgan fingerprint density at radius 3 is 2.80 bits per heavy atom. The van der Waals surface area contributed by atoms with Crippen LogP contribution in [0.2, 0.25) is 0 Å². The summed E-state index contributed by atoms with van der Waals surface area (Å²) in [5, 5.41) is 6.78. The highest BCUT2D eigenvalue weighted by Crippen LogP contribution is 2.17. The van der Waals surface area contributed by atoms with E-state index in [-0.39, 0.29) is 5.82 Å². The van der Waals surface area contributed by atoms with E-state index in [1.807, 2.05) is 13.0 Å². The van der Waals surface area contributed by atoms with Crippen molar-refractivity contribution in [2.75, 3.05) is 39.9 Å². The van der Waals surface area contributed by atoms with Crippen molar-refractivity contribution in [2.45, 2.75) is 32.4 Å². The lowest BCUT2D eigenvalue weighted by atomic mass is 10.1. The molecule has 1 heterocycles. The summed E-state index contributed by atoms with van der Waals surface area (Å²) in [6.07, 6.45) is 2.17. The molecule has 7 heteroatoms. The number of hydrogen-bond donors (Lipinski definition) is 2. The van der Waals surface area contributed by atoms with Crippen LogP contribution in [0, 0.1) is 5.82 Å². The molecule has 1 saturated heterocycles. The fourth-order valence-electron chi connectivity index (χ4n) is 2.84. The minimum absolute atomic E-state index is 0.255. The highest BCUT2D eigenvalue weighted by Gasteiger charge is 2.19. The number of benzene rings is 1. The van der Waals surface area contributed by atoms with Gasteiger partial charge >= 0.3 is 0 Å². The van der Waals surface area contributed by atoms with E-state index in [1.165, 1.54) is 6.07 Å². The average molecular weight is 415 g/mol. The molecule has 0 aliphatic carbocycles. The van der Waals surface area contributed by atoms with E-state index < -0.39 is 0 Å². The van der Waals surface area contributed by atoms with Gasteiger partial charge in [-0.2, -0.15) is 0 Å². The number of nitrogens with zero attached hydrogens (tertiary/aromatic N) is 2. The molecule has 0 saturated carbocycles. The number of hydrogen-bond acceptors (Lipinski definition) is 3. The molecule has 0 spiro atoms. The molecule has 0 atom stereocenters. The van der Waals surface area contributed by atoms with Crippen LogP contribution in [0.15, 0.2) is 27.7 Å². The van der Waals surface area contributed by atoms with E-state index in [0.29, 0.717) is 17.1 Å². The molecular weight excluding hydrogens is 387 g/mol. The Kier molecular flexibility index (Phi) is 8.64. The standard InChI is InChI=1S/C18H28BrFN4O/c1-3-21-18(22-13-14-4-5-16(19)17(20)12-14)23-15-6-8-24(9-7-15)10-11-25-2/h4-5,12,15H,3,6-11,13H2,1-2H3,(H2,21,22,23). The number of halogens is 2. The molecule has 0 bridgehead atoms. The first kappa shape index (κ1) is 20.1. The van der Waals surface area contributed by atoms with Gasteiger partial charge in [0, 0.05) is 39.3 Å². The molecule has 5 nitrogen and oxygen atoms in total. The van der Waals surface area contributed by atoms with Crippen LogP contribution in [0.4, 0.5) is 4.39 Å². The van der Waals surface area contributed by atoms with Crippen molar-refractivity contribution in [2.24, 2.45) is 4.99 Å². The lowest BCUT2D eigenvalue weighted by molar-refractivity contribution is 0.128. The first-order valence-electron chi connectivity index (χ1n) is 8.82. The number of piperidine rings is 1. The Bertz CT molecular complexity index is 562. The summed E-state index contributed by atoms with van der Waals surface area (Å²) in [4.78, 5) is 7.02. The molecule has 1 aliphatic rings. The second kappa shape index (κ2) is 10.7. The molecule has 1 aromatic rings. The van der Waals surface area contributed by atoms with E-state index in [0.717, 1.165) is 57.2 Å². The second-order valence-corrected chi connectivity index (χ2v) is 7.05. The molecule has 1 aliphatic heterocycles. The molecule has 0 unspecified atom stereocenters. The lowest BCUT2D eigenvalue weighted by Crippen LogP contribution is -2.49. The molecule has 0 amide bonds. The topological polar surface area (TPSA) is 48.9 Å². The van der Waals surface area contributed by atoms with Crippen LogP contribution in [0.1, 0.15) is 25.3 Å². The second-order valence-electron chi connectivity index (χ2n) is 6.20. The number of aliphatic imine (C=N–C) groups is 1. The first-order chi connectivity index (χ1) is 12.1. The number of likely N-dealkylation sites (tertiary alicyclic amines) is 1. The van der Waals surface area contributed by atoms with Crippen LogP contribution in [0.3, 0.4) is 0 Å².